The Morgan fingerprint density at radius 3 is 2.47 bits per heavy atom. The molecule has 0 bridgehead atoms. The third kappa shape index (κ3) is 3.06. The number of hydrogen-bond acceptors (Lipinski definition) is 4. The van der Waals surface area contributed by atoms with Crippen LogP contribution in [0.15, 0.2) is 0 Å². The summed E-state index contributed by atoms with van der Waals surface area (Å²) in [4.78, 5) is 25.3. The van der Waals surface area contributed by atoms with E-state index in [1.807, 2.05) is 0 Å². The van der Waals surface area contributed by atoms with Crippen LogP contribution in [0.3, 0.4) is 0 Å². The summed E-state index contributed by atoms with van der Waals surface area (Å²) in [6.45, 7) is 2.13. The molecule has 1 aliphatic carbocycles. The number of rotatable bonds is 4. The molecule has 2 amide bonds. The van der Waals surface area contributed by atoms with Crippen LogP contribution < -0.4 is 11.1 Å². The lowest BCUT2D eigenvalue weighted by atomic mass is 9.90. The topological polar surface area (TPSA) is 95.7 Å². The number of nitrogens with zero attached hydrogens (tertiary/aromatic N) is 1. The van der Waals surface area contributed by atoms with Gasteiger partial charge in [0.2, 0.25) is 11.8 Å². The minimum Gasteiger partial charge on any atom is -0.385 e. The van der Waals surface area contributed by atoms with Crippen molar-refractivity contribution >= 4 is 11.8 Å². The predicted octanol–water partition coefficient (Wildman–Crippen LogP) is -0.787. The predicted molar refractivity (Wildman–Crippen MR) is 70.1 cm³/mol. The molecule has 0 aromatic carbocycles. The van der Waals surface area contributed by atoms with Gasteiger partial charge in [-0.05, 0) is 18.8 Å². The van der Waals surface area contributed by atoms with Crippen LogP contribution in [0.4, 0.5) is 0 Å². The van der Waals surface area contributed by atoms with E-state index < -0.39 is 11.6 Å². The number of nitrogens with two attached hydrogens (primary N) is 1. The van der Waals surface area contributed by atoms with E-state index in [4.69, 9.17) is 5.73 Å². The van der Waals surface area contributed by atoms with Gasteiger partial charge in [0.05, 0.1) is 13.1 Å². The van der Waals surface area contributed by atoms with Gasteiger partial charge in [0, 0.05) is 13.5 Å². The fourth-order valence-electron chi connectivity index (χ4n) is 3.04. The van der Waals surface area contributed by atoms with Crippen LogP contribution >= 0.6 is 0 Å². The SMILES string of the molecule is CC(=O)NC(C(=O)N1CC(O)(CN)C1)C1CCCC1. The molecule has 108 valence electrons. The zero-order valence-electron chi connectivity index (χ0n) is 11.4. The normalized spacial score (nSPS) is 23.8. The van der Waals surface area contributed by atoms with Crippen molar-refractivity contribution in [2.24, 2.45) is 11.7 Å². The van der Waals surface area contributed by atoms with Crippen molar-refractivity contribution in [1.29, 1.82) is 0 Å². The van der Waals surface area contributed by atoms with Crippen molar-refractivity contribution in [3.63, 3.8) is 0 Å². The summed E-state index contributed by atoms with van der Waals surface area (Å²) in [6.07, 6.45) is 4.18. The molecule has 1 heterocycles. The van der Waals surface area contributed by atoms with Crippen LogP contribution in [0.25, 0.3) is 0 Å². The van der Waals surface area contributed by atoms with E-state index in [0.29, 0.717) is 0 Å². The van der Waals surface area contributed by atoms with Crippen LogP contribution in [0.2, 0.25) is 0 Å². The van der Waals surface area contributed by atoms with E-state index in [-0.39, 0.29) is 37.4 Å². The van der Waals surface area contributed by atoms with Crippen molar-refractivity contribution in [3.8, 4) is 0 Å². The number of hydrogen-bond donors (Lipinski definition) is 3. The molecule has 19 heavy (non-hydrogen) atoms. The van der Waals surface area contributed by atoms with Crippen molar-refractivity contribution in [3.05, 3.63) is 0 Å². The second kappa shape index (κ2) is 5.46. The zero-order valence-corrected chi connectivity index (χ0v) is 11.4. The third-order valence-corrected chi connectivity index (χ3v) is 4.16. The van der Waals surface area contributed by atoms with E-state index in [0.717, 1.165) is 25.7 Å². The van der Waals surface area contributed by atoms with Crippen molar-refractivity contribution in [1.82, 2.24) is 10.2 Å². The number of amides is 2. The average molecular weight is 269 g/mol. The fourth-order valence-corrected chi connectivity index (χ4v) is 3.04. The van der Waals surface area contributed by atoms with Crippen LogP contribution in [0.5, 0.6) is 0 Å². The van der Waals surface area contributed by atoms with Crippen molar-refractivity contribution < 1.29 is 14.7 Å². The van der Waals surface area contributed by atoms with Gasteiger partial charge in [-0.2, -0.15) is 0 Å². The molecule has 1 unspecified atom stereocenters. The molecular formula is C13H23N3O3. The Hall–Kier alpha value is -1.14. The molecule has 0 radical (unpaired) electrons. The highest BCUT2D eigenvalue weighted by Crippen LogP contribution is 2.30. The van der Waals surface area contributed by atoms with Gasteiger partial charge in [0.1, 0.15) is 11.6 Å². The first-order valence-corrected chi connectivity index (χ1v) is 6.93. The Bertz CT molecular complexity index is 360. The molecule has 6 heteroatoms. The molecule has 1 saturated carbocycles. The first-order valence-electron chi connectivity index (χ1n) is 6.93. The lowest BCUT2D eigenvalue weighted by molar-refractivity contribution is -0.158. The second-order valence-corrected chi connectivity index (χ2v) is 5.85. The monoisotopic (exact) mass is 269 g/mol. The van der Waals surface area contributed by atoms with Crippen LogP contribution in [-0.4, -0.2) is 53.1 Å². The van der Waals surface area contributed by atoms with Gasteiger partial charge in [-0.25, -0.2) is 0 Å². The second-order valence-electron chi connectivity index (χ2n) is 5.85. The molecule has 2 aliphatic rings. The van der Waals surface area contributed by atoms with E-state index >= 15 is 0 Å². The maximum atomic E-state index is 12.4. The highest BCUT2D eigenvalue weighted by molar-refractivity contribution is 5.88. The molecule has 0 aromatic heterocycles. The minimum atomic E-state index is -0.938. The van der Waals surface area contributed by atoms with E-state index in [1.54, 1.807) is 4.90 Å². The molecule has 2 fully saturated rings. The van der Waals surface area contributed by atoms with E-state index in [1.165, 1.54) is 6.92 Å². The summed E-state index contributed by atoms with van der Waals surface area (Å²) in [5, 5.41) is 12.6. The molecule has 1 saturated heterocycles. The molecule has 0 aromatic rings. The summed E-state index contributed by atoms with van der Waals surface area (Å²) in [5.74, 6) is -0.0388. The Labute approximate surface area is 113 Å². The lowest BCUT2D eigenvalue weighted by Crippen LogP contribution is -2.69. The van der Waals surface area contributed by atoms with Crippen molar-refractivity contribution in [2.45, 2.75) is 44.2 Å². The third-order valence-electron chi connectivity index (χ3n) is 4.16. The minimum absolute atomic E-state index is 0.0831. The van der Waals surface area contributed by atoms with Gasteiger partial charge in [-0.15, -0.1) is 0 Å². The molecule has 2 rings (SSSR count). The molecule has 1 aliphatic heterocycles. The Kier molecular flexibility index (Phi) is 4.10. The van der Waals surface area contributed by atoms with E-state index in [9.17, 15) is 14.7 Å². The summed E-state index contributed by atoms with van der Waals surface area (Å²) >= 11 is 0. The van der Waals surface area contributed by atoms with E-state index in [2.05, 4.69) is 5.32 Å². The number of β-amino-alcohol motifs (C(OH)–C–C–N with tert-alkyl or cyclic N) is 1. The number of likely N-dealkylation sites (tertiary alicyclic amines) is 1. The number of carbonyl (C=O) groups excluding carboxylic acids is 2. The highest BCUT2D eigenvalue weighted by atomic mass is 16.3. The molecule has 6 nitrogen and oxygen atoms in total. The standard InChI is InChI=1S/C13H23N3O3/c1-9(17)15-11(10-4-2-3-5-10)12(18)16-7-13(19,6-14)8-16/h10-11,19H,2-8,14H2,1H3,(H,15,17). The van der Waals surface area contributed by atoms with Crippen LogP contribution in [0, 0.1) is 5.92 Å². The zero-order chi connectivity index (χ0) is 14.0. The summed E-state index contributed by atoms with van der Waals surface area (Å²) < 4.78 is 0. The fraction of sp³-hybridized carbons (Fsp3) is 0.846. The van der Waals surface area contributed by atoms with Crippen LogP contribution in [-0.2, 0) is 9.59 Å². The Morgan fingerprint density at radius 2 is 2.00 bits per heavy atom. The van der Waals surface area contributed by atoms with Gasteiger partial charge in [-0.3, -0.25) is 9.59 Å². The molecule has 1 atom stereocenters. The van der Waals surface area contributed by atoms with Crippen molar-refractivity contribution in [2.75, 3.05) is 19.6 Å². The Balaban J connectivity index is 1.98. The van der Waals surface area contributed by atoms with Gasteiger partial charge in [-0.1, -0.05) is 12.8 Å². The van der Waals surface area contributed by atoms with Crippen LogP contribution in [0.1, 0.15) is 32.6 Å². The summed E-state index contributed by atoms with van der Waals surface area (Å²) in [5.41, 5.74) is 4.51. The Morgan fingerprint density at radius 1 is 1.42 bits per heavy atom. The molecular weight excluding hydrogens is 246 g/mol. The van der Waals surface area contributed by atoms with Gasteiger partial charge < -0.3 is 21.1 Å². The maximum Gasteiger partial charge on any atom is 0.245 e. The van der Waals surface area contributed by atoms with Gasteiger partial charge in [0.15, 0.2) is 0 Å². The number of nitrogens with one attached hydrogen (secondary N) is 1. The largest absolute Gasteiger partial charge is 0.385 e. The maximum absolute atomic E-state index is 12.4. The lowest BCUT2D eigenvalue weighted by Gasteiger charge is -2.47. The first-order chi connectivity index (χ1) is 8.95. The quantitative estimate of drug-likeness (QED) is 0.623. The average Bonchev–Trinajstić information content (AvgIpc) is 2.84. The number of carbonyl (C=O) groups is 2. The molecule has 0 spiro atoms. The van der Waals surface area contributed by atoms with Gasteiger partial charge in [0.25, 0.3) is 0 Å². The summed E-state index contributed by atoms with van der Waals surface area (Å²) in [7, 11) is 0. The molecule has 4 N–H and O–H groups in total. The highest BCUT2D eigenvalue weighted by Gasteiger charge is 2.45. The first kappa shape index (κ1) is 14.3. The number of aliphatic hydroxyl groups is 1. The smallest absolute Gasteiger partial charge is 0.245 e. The van der Waals surface area contributed by atoms with Gasteiger partial charge >= 0.3 is 0 Å². The summed E-state index contributed by atoms with van der Waals surface area (Å²) in [6, 6.07) is -0.442.